The van der Waals surface area contributed by atoms with Crippen molar-refractivity contribution < 1.29 is 19.5 Å². The molecular formula is C24H27N7O4. The van der Waals surface area contributed by atoms with Crippen LogP contribution in [0.2, 0.25) is 0 Å². The van der Waals surface area contributed by atoms with Crippen molar-refractivity contribution in [3.05, 3.63) is 65.2 Å². The summed E-state index contributed by atoms with van der Waals surface area (Å²) >= 11 is 0. The van der Waals surface area contributed by atoms with Crippen molar-refractivity contribution in [2.24, 2.45) is 5.73 Å². The third kappa shape index (κ3) is 4.93. The first-order valence-electron chi connectivity index (χ1n) is 11.3. The van der Waals surface area contributed by atoms with Crippen LogP contribution in [-0.4, -0.2) is 55.6 Å². The number of hydrogen-bond donors (Lipinski definition) is 4. The second-order valence-electron chi connectivity index (χ2n) is 8.40. The lowest BCUT2D eigenvalue weighted by Gasteiger charge is -2.30. The van der Waals surface area contributed by atoms with E-state index in [1.807, 2.05) is 19.1 Å². The van der Waals surface area contributed by atoms with Gasteiger partial charge in [0.2, 0.25) is 0 Å². The molecule has 4 rings (SSSR count). The highest BCUT2D eigenvalue weighted by Crippen LogP contribution is 2.31. The molecule has 182 valence electrons. The molecule has 2 aromatic heterocycles. The molecule has 1 atom stereocenters. The first kappa shape index (κ1) is 23.7. The molecule has 3 heterocycles. The number of nitrogen functional groups attached to an aromatic ring is 1. The molecule has 1 saturated heterocycles. The van der Waals surface area contributed by atoms with Crippen LogP contribution in [0.25, 0.3) is 11.3 Å². The molecule has 0 unspecified atom stereocenters. The Bertz CT molecular complexity index is 1270. The zero-order chi connectivity index (χ0) is 25.1. The fraction of sp³-hybridized carbons (Fsp3) is 0.292. The lowest BCUT2D eigenvalue weighted by Crippen LogP contribution is -2.39. The summed E-state index contributed by atoms with van der Waals surface area (Å²) in [5.74, 6) is 5.70. The molecule has 11 nitrogen and oxygen atoms in total. The van der Waals surface area contributed by atoms with Gasteiger partial charge < -0.3 is 26.9 Å². The number of primary amides is 1. The number of nitrogens with zero attached hydrogens (tertiary/aromatic N) is 4. The molecule has 1 aromatic carbocycles. The first-order chi connectivity index (χ1) is 16.8. The summed E-state index contributed by atoms with van der Waals surface area (Å²) in [5, 5.41) is 12.1. The van der Waals surface area contributed by atoms with Gasteiger partial charge >= 0.3 is 6.09 Å². The van der Waals surface area contributed by atoms with Crippen molar-refractivity contribution in [3.8, 4) is 11.3 Å². The summed E-state index contributed by atoms with van der Waals surface area (Å²) in [4.78, 5) is 46.4. The summed E-state index contributed by atoms with van der Waals surface area (Å²) in [5.41, 5.74) is 7.92. The molecule has 1 fully saturated rings. The molecule has 0 saturated carbocycles. The third-order valence-electron chi connectivity index (χ3n) is 6.12. The van der Waals surface area contributed by atoms with E-state index in [2.05, 4.69) is 15.3 Å². The van der Waals surface area contributed by atoms with Crippen LogP contribution in [0.4, 0.5) is 10.6 Å². The standard InChI is InChI=1S/C24H27N7O4/c1-2-14-9-10-27-18(12-14)28-23(33)16-7-5-15(6-8-16)19-20(21(25)32)31(26)22(29-19)17-4-3-11-30(13-17)24(34)35/h5-10,12,17H,2-4,11,13,26H2,1H3,(H2,25,32)(H,34,35)(H,27,28,33)/t17-/m1/s1. The second kappa shape index (κ2) is 9.84. The normalized spacial score (nSPS) is 15.6. The Balaban J connectivity index is 1.59. The van der Waals surface area contributed by atoms with Crippen LogP contribution in [0.15, 0.2) is 42.6 Å². The van der Waals surface area contributed by atoms with Crippen LogP contribution in [0.5, 0.6) is 0 Å². The van der Waals surface area contributed by atoms with E-state index in [1.165, 1.54) is 4.90 Å². The van der Waals surface area contributed by atoms with Gasteiger partial charge in [-0.3, -0.25) is 9.59 Å². The molecule has 0 radical (unpaired) electrons. The number of pyridine rings is 1. The van der Waals surface area contributed by atoms with E-state index in [-0.39, 0.29) is 29.8 Å². The highest BCUT2D eigenvalue weighted by atomic mass is 16.4. The topological polar surface area (TPSA) is 169 Å². The SMILES string of the molecule is CCc1ccnc(NC(=O)c2ccc(-c3nc([C@@H]4CCCN(C(=O)O)C4)n(N)c3C(N)=O)cc2)c1. The van der Waals surface area contributed by atoms with Gasteiger partial charge in [0.25, 0.3) is 11.8 Å². The minimum Gasteiger partial charge on any atom is -0.465 e. The fourth-order valence-corrected chi connectivity index (χ4v) is 4.27. The Kier molecular flexibility index (Phi) is 6.67. The number of rotatable bonds is 6. The van der Waals surface area contributed by atoms with Gasteiger partial charge in [0.05, 0.1) is 0 Å². The molecular weight excluding hydrogens is 450 g/mol. The van der Waals surface area contributed by atoms with Crippen LogP contribution < -0.4 is 16.9 Å². The van der Waals surface area contributed by atoms with Crippen LogP contribution in [0, 0.1) is 0 Å². The Morgan fingerprint density at radius 2 is 1.94 bits per heavy atom. The van der Waals surface area contributed by atoms with Gasteiger partial charge in [-0.25, -0.2) is 19.4 Å². The van der Waals surface area contributed by atoms with Gasteiger partial charge in [0.15, 0.2) is 5.69 Å². The number of nitrogens with one attached hydrogen (secondary N) is 1. The van der Waals surface area contributed by atoms with Gasteiger partial charge in [-0.05, 0) is 49.1 Å². The molecule has 0 aliphatic carbocycles. The molecule has 1 aliphatic rings. The Morgan fingerprint density at radius 3 is 2.60 bits per heavy atom. The molecule has 3 aromatic rings. The second-order valence-corrected chi connectivity index (χ2v) is 8.40. The predicted octanol–water partition coefficient (Wildman–Crippen LogP) is 2.43. The number of aryl methyl sites for hydroxylation is 1. The molecule has 35 heavy (non-hydrogen) atoms. The highest BCUT2D eigenvalue weighted by Gasteiger charge is 2.31. The van der Waals surface area contributed by atoms with Gasteiger partial charge in [0.1, 0.15) is 17.3 Å². The smallest absolute Gasteiger partial charge is 0.407 e. The fourth-order valence-electron chi connectivity index (χ4n) is 4.27. The van der Waals surface area contributed by atoms with Crippen molar-refractivity contribution in [1.29, 1.82) is 0 Å². The Labute approximate surface area is 201 Å². The number of carboxylic acid groups (broad SMARTS) is 1. The zero-order valence-corrected chi connectivity index (χ0v) is 19.3. The van der Waals surface area contributed by atoms with Crippen molar-refractivity contribution >= 4 is 23.7 Å². The first-order valence-corrected chi connectivity index (χ1v) is 11.3. The van der Waals surface area contributed by atoms with Crippen molar-refractivity contribution in [3.63, 3.8) is 0 Å². The van der Waals surface area contributed by atoms with E-state index >= 15 is 0 Å². The molecule has 6 N–H and O–H groups in total. The van der Waals surface area contributed by atoms with E-state index in [4.69, 9.17) is 11.6 Å². The molecule has 11 heteroatoms. The van der Waals surface area contributed by atoms with Crippen LogP contribution >= 0.6 is 0 Å². The summed E-state index contributed by atoms with van der Waals surface area (Å²) in [6.07, 6.45) is 2.80. The molecule has 1 aliphatic heterocycles. The number of aromatic nitrogens is 3. The van der Waals surface area contributed by atoms with Gasteiger partial charge in [-0.15, -0.1) is 0 Å². The maximum Gasteiger partial charge on any atom is 0.407 e. The van der Waals surface area contributed by atoms with Crippen LogP contribution in [-0.2, 0) is 6.42 Å². The summed E-state index contributed by atoms with van der Waals surface area (Å²) in [6.45, 7) is 2.69. The van der Waals surface area contributed by atoms with Gasteiger partial charge in [-0.2, -0.15) is 0 Å². The van der Waals surface area contributed by atoms with E-state index in [9.17, 15) is 19.5 Å². The number of imidazole rings is 1. The zero-order valence-electron chi connectivity index (χ0n) is 19.3. The maximum atomic E-state index is 12.7. The number of amides is 3. The molecule has 3 amide bonds. The van der Waals surface area contributed by atoms with Crippen molar-refractivity contribution in [2.75, 3.05) is 24.2 Å². The average Bonchev–Trinajstić information content (AvgIpc) is 3.21. The number of benzene rings is 1. The largest absolute Gasteiger partial charge is 0.465 e. The summed E-state index contributed by atoms with van der Waals surface area (Å²) < 4.78 is 1.15. The van der Waals surface area contributed by atoms with E-state index in [0.717, 1.165) is 16.7 Å². The predicted molar refractivity (Wildman–Crippen MR) is 129 cm³/mol. The number of carbonyl (C=O) groups excluding carboxylic acids is 2. The number of carbonyl (C=O) groups is 3. The number of nitrogens with two attached hydrogens (primary N) is 2. The monoisotopic (exact) mass is 477 g/mol. The minimum absolute atomic E-state index is 0.0187. The van der Waals surface area contributed by atoms with Gasteiger partial charge in [0, 0.05) is 36.3 Å². The molecule has 0 spiro atoms. The summed E-state index contributed by atoms with van der Waals surface area (Å²) in [7, 11) is 0. The highest BCUT2D eigenvalue weighted by molar-refractivity contribution is 6.04. The minimum atomic E-state index is -1.01. The number of anilines is 1. The van der Waals surface area contributed by atoms with E-state index in [1.54, 1.807) is 30.5 Å². The van der Waals surface area contributed by atoms with E-state index < -0.39 is 12.0 Å². The maximum absolute atomic E-state index is 12.7. The lowest BCUT2D eigenvalue weighted by atomic mass is 9.97. The Hall–Kier alpha value is -4.41. The summed E-state index contributed by atoms with van der Waals surface area (Å²) in [6, 6.07) is 10.2. The number of likely N-dealkylation sites (tertiary alicyclic amines) is 1. The van der Waals surface area contributed by atoms with Crippen molar-refractivity contribution in [2.45, 2.75) is 32.1 Å². The molecule has 0 bridgehead atoms. The number of hydrogen-bond acceptors (Lipinski definition) is 6. The van der Waals surface area contributed by atoms with Crippen LogP contribution in [0.1, 0.15) is 57.9 Å². The van der Waals surface area contributed by atoms with Crippen LogP contribution in [0.3, 0.4) is 0 Å². The van der Waals surface area contributed by atoms with Gasteiger partial charge in [-0.1, -0.05) is 19.1 Å². The number of piperidine rings is 1. The average molecular weight is 478 g/mol. The van der Waals surface area contributed by atoms with Crippen molar-refractivity contribution in [1.82, 2.24) is 19.5 Å². The third-order valence-corrected chi connectivity index (χ3v) is 6.12. The van der Waals surface area contributed by atoms with E-state index in [0.29, 0.717) is 42.2 Å². The quantitative estimate of drug-likeness (QED) is 0.395. The lowest BCUT2D eigenvalue weighted by molar-refractivity contribution is 0.0990. The Morgan fingerprint density at radius 1 is 1.20 bits per heavy atom.